The number of carbonyl (C=O) groups is 3. The number of imide groups is 1. The number of rotatable bonds is 5. The van der Waals surface area contributed by atoms with Crippen LogP contribution in [0.5, 0.6) is 0 Å². The van der Waals surface area contributed by atoms with Gasteiger partial charge in [-0.25, -0.2) is 4.79 Å². The van der Waals surface area contributed by atoms with E-state index in [1.807, 2.05) is 0 Å². The highest BCUT2D eigenvalue weighted by Crippen LogP contribution is 2.25. The molecule has 1 aromatic carbocycles. The fraction of sp³-hybridized carbons (Fsp3) is 0.308. The smallest absolute Gasteiger partial charge is 0.326 e. The molecule has 2 atom stereocenters. The maximum Gasteiger partial charge on any atom is 0.326 e. The molecule has 0 aliphatic carbocycles. The van der Waals surface area contributed by atoms with E-state index >= 15 is 0 Å². The highest BCUT2D eigenvalue weighted by atomic mass is 32.2. The Hall–Kier alpha value is -2.02. The highest BCUT2D eigenvalue weighted by Gasteiger charge is 2.42. The third kappa shape index (κ3) is 2.49. The van der Waals surface area contributed by atoms with E-state index in [-0.39, 0.29) is 23.3 Å². The number of carboxylic acid groups (broad SMARTS) is 1. The summed E-state index contributed by atoms with van der Waals surface area (Å²) < 4.78 is 11.1. The number of nitrogens with zero attached hydrogens (tertiary/aromatic N) is 1. The summed E-state index contributed by atoms with van der Waals surface area (Å²) in [5, 5.41) is 9.22. The van der Waals surface area contributed by atoms with Crippen LogP contribution in [0.15, 0.2) is 24.3 Å². The van der Waals surface area contributed by atoms with Gasteiger partial charge in [-0.3, -0.25) is 18.7 Å². The van der Waals surface area contributed by atoms with Crippen LogP contribution < -0.4 is 0 Å². The van der Waals surface area contributed by atoms with E-state index in [2.05, 4.69) is 0 Å². The second-order valence-electron chi connectivity index (χ2n) is 4.45. The maximum absolute atomic E-state index is 12.2. The van der Waals surface area contributed by atoms with Gasteiger partial charge in [-0.2, -0.15) is 0 Å². The van der Waals surface area contributed by atoms with E-state index in [0.717, 1.165) is 4.90 Å². The highest BCUT2D eigenvalue weighted by molar-refractivity contribution is 7.84. The van der Waals surface area contributed by atoms with E-state index in [1.165, 1.54) is 18.4 Å². The number of aliphatic carboxylic acids is 1. The molecule has 1 aliphatic rings. The summed E-state index contributed by atoms with van der Waals surface area (Å²) in [5.41, 5.74) is 0.419. The lowest BCUT2D eigenvalue weighted by atomic mass is 10.1. The van der Waals surface area contributed by atoms with Crippen LogP contribution in [-0.2, 0) is 15.6 Å². The minimum Gasteiger partial charge on any atom is -0.480 e. The van der Waals surface area contributed by atoms with Crippen molar-refractivity contribution in [1.29, 1.82) is 0 Å². The van der Waals surface area contributed by atoms with Gasteiger partial charge in [-0.15, -0.1) is 0 Å². The Labute approximate surface area is 117 Å². The summed E-state index contributed by atoms with van der Waals surface area (Å²) in [6.07, 6.45) is 1.42. The molecule has 20 heavy (non-hydrogen) atoms. The Balaban J connectivity index is 2.32. The molecule has 0 saturated heterocycles. The number of carbonyl (C=O) groups excluding carboxylic acids is 2. The molecule has 2 rings (SSSR count). The number of amides is 2. The standard InChI is InChI=1S/C13H13NO5S/c1-20(19)7-6-10(13(17)18)14-11(15)8-4-2-3-5-9(8)12(14)16/h2-5,10H,6-7H2,1H3,(H,17,18)/t10-,20?/m0/s1. The van der Waals surface area contributed by atoms with Gasteiger partial charge in [0, 0.05) is 22.8 Å². The predicted octanol–water partition coefficient (Wildman–Crippen LogP) is 0.504. The van der Waals surface area contributed by atoms with Crippen LogP contribution in [0.2, 0.25) is 0 Å². The summed E-state index contributed by atoms with van der Waals surface area (Å²) in [4.78, 5) is 36.4. The largest absolute Gasteiger partial charge is 0.480 e. The number of hydrogen-bond donors (Lipinski definition) is 1. The van der Waals surface area contributed by atoms with Gasteiger partial charge in [0.15, 0.2) is 0 Å². The normalized spacial score (nSPS) is 16.9. The van der Waals surface area contributed by atoms with Crippen LogP contribution in [0.4, 0.5) is 0 Å². The summed E-state index contributed by atoms with van der Waals surface area (Å²) in [5.74, 6) is -2.38. The van der Waals surface area contributed by atoms with Crippen molar-refractivity contribution in [2.24, 2.45) is 0 Å². The first-order chi connectivity index (χ1) is 9.43. The molecule has 0 fully saturated rings. The van der Waals surface area contributed by atoms with E-state index in [0.29, 0.717) is 0 Å². The second-order valence-corrected chi connectivity index (χ2v) is 6.00. The fourth-order valence-corrected chi connectivity index (χ4v) is 2.69. The van der Waals surface area contributed by atoms with Gasteiger partial charge in [0.2, 0.25) is 0 Å². The van der Waals surface area contributed by atoms with Crippen LogP contribution in [0.3, 0.4) is 0 Å². The van der Waals surface area contributed by atoms with Crippen molar-refractivity contribution >= 4 is 28.6 Å². The van der Waals surface area contributed by atoms with Crippen molar-refractivity contribution in [3.8, 4) is 0 Å². The number of benzene rings is 1. The third-order valence-electron chi connectivity index (χ3n) is 3.10. The molecule has 1 N–H and O–H groups in total. The molecule has 0 aromatic heterocycles. The monoisotopic (exact) mass is 295 g/mol. The maximum atomic E-state index is 12.2. The Morgan fingerprint density at radius 3 is 2.15 bits per heavy atom. The summed E-state index contributed by atoms with van der Waals surface area (Å²) in [7, 11) is -1.19. The van der Waals surface area contributed by atoms with Crippen LogP contribution in [0.1, 0.15) is 27.1 Å². The van der Waals surface area contributed by atoms with E-state index in [1.54, 1.807) is 12.1 Å². The molecule has 1 heterocycles. The third-order valence-corrected chi connectivity index (χ3v) is 3.91. The van der Waals surface area contributed by atoms with E-state index in [9.17, 15) is 23.7 Å². The first-order valence-electron chi connectivity index (χ1n) is 5.93. The van der Waals surface area contributed by atoms with Gasteiger partial charge >= 0.3 is 5.97 Å². The number of hydrogen-bond acceptors (Lipinski definition) is 4. The lowest BCUT2D eigenvalue weighted by Crippen LogP contribution is -2.45. The number of fused-ring (bicyclic) bond motifs is 1. The van der Waals surface area contributed by atoms with E-state index < -0.39 is 34.6 Å². The van der Waals surface area contributed by atoms with Gasteiger partial charge in [0.05, 0.1) is 11.1 Å². The summed E-state index contributed by atoms with van der Waals surface area (Å²) >= 11 is 0. The molecule has 0 bridgehead atoms. The van der Waals surface area contributed by atoms with E-state index in [4.69, 9.17) is 0 Å². The van der Waals surface area contributed by atoms with Gasteiger partial charge in [0.25, 0.3) is 11.8 Å². The molecule has 0 radical (unpaired) electrons. The molecule has 7 heteroatoms. The number of carboxylic acids is 1. The zero-order valence-corrected chi connectivity index (χ0v) is 11.6. The van der Waals surface area contributed by atoms with Gasteiger partial charge in [-0.1, -0.05) is 12.1 Å². The van der Waals surface area contributed by atoms with Crippen molar-refractivity contribution in [2.45, 2.75) is 12.5 Å². The molecule has 1 aromatic rings. The van der Waals surface area contributed by atoms with Crippen molar-refractivity contribution in [2.75, 3.05) is 12.0 Å². The van der Waals surface area contributed by atoms with Crippen LogP contribution in [0.25, 0.3) is 0 Å². The van der Waals surface area contributed by atoms with Crippen LogP contribution in [-0.4, -0.2) is 50.0 Å². The average molecular weight is 295 g/mol. The minimum absolute atomic E-state index is 0.0239. The molecule has 0 spiro atoms. The Kier molecular flexibility index (Phi) is 3.99. The lowest BCUT2D eigenvalue weighted by Gasteiger charge is -2.22. The first-order valence-corrected chi connectivity index (χ1v) is 7.66. The van der Waals surface area contributed by atoms with Gasteiger partial charge in [0.1, 0.15) is 6.04 Å². The topological polar surface area (TPSA) is 91.8 Å². The average Bonchev–Trinajstić information content (AvgIpc) is 2.64. The SMILES string of the molecule is CS(=O)CC[C@@H](C(=O)O)N1C(=O)c2ccccc2C1=O. The molecule has 1 unspecified atom stereocenters. The molecule has 106 valence electrons. The molecular weight excluding hydrogens is 282 g/mol. The molecule has 0 saturated carbocycles. The Bertz CT molecular complexity index is 578. The van der Waals surface area contributed by atoms with Gasteiger partial charge in [-0.05, 0) is 18.6 Å². The summed E-state index contributed by atoms with van der Waals surface area (Å²) in [6, 6.07) is 4.93. The van der Waals surface area contributed by atoms with Crippen molar-refractivity contribution in [3.05, 3.63) is 35.4 Å². The molecular formula is C13H13NO5S. The quantitative estimate of drug-likeness (QED) is 0.799. The fourth-order valence-electron chi connectivity index (χ4n) is 2.13. The Morgan fingerprint density at radius 1 is 1.25 bits per heavy atom. The van der Waals surface area contributed by atoms with Gasteiger partial charge < -0.3 is 5.11 Å². The second kappa shape index (κ2) is 5.54. The summed E-state index contributed by atoms with van der Waals surface area (Å²) in [6.45, 7) is 0. The molecule has 2 amide bonds. The molecule has 6 nitrogen and oxygen atoms in total. The lowest BCUT2D eigenvalue weighted by molar-refractivity contribution is -0.141. The molecule has 1 aliphatic heterocycles. The van der Waals surface area contributed by atoms with Crippen molar-refractivity contribution < 1.29 is 23.7 Å². The van der Waals surface area contributed by atoms with Crippen LogP contribution in [0, 0.1) is 0 Å². The predicted molar refractivity (Wildman–Crippen MR) is 71.9 cm³/mol. The minimum atomic E-state index is -1.29. The van der Waals surface area contributed by atoms with Crippen molar-refractivity contribution in [1.82, 2.24) is 4.90 Å². The zero-order chi connectivity index (χ0) is 14.9. The van der Waals surface area contributed by atoms with Crippen LogP contribution >= 0.6 is 0 Å². The Morgan fingerprint density at radius 2 is 1.75 bits per heavy atom. The van der Waals surface area contributed by atoms with Crippen molar-refractivity contribution in [3.63, 3.8) is 0 Å². The first kappa shape index (κ1) is 14.4. The zero-order valence-electron chi connectivity index (χ0n) is 10.7.